The van der Waals surface area contributed by atoms with Gasteiger partial charge >= 0.3 is 0 Å². The second-order valence-corrected chi connectivity index (χ2v) is 4.69. The Hall–Kier alpha value is -1.33. The molecule has 1 N–H and O–H groups in total. The molecule has 4 nitrogen and oxygen atoms in total. The molecule has 0 unspecified atom stereocenters. The monoisotopic (exact) mass is 293 g/mol. The molecule has 0 aliphatic heterocycles. The van der Waals surface area contributed by atoms with Crippen LogP contribution in [-0.2, 0) is 0 Å². The Balaban J connectivity index is 2.41. The van der Waals surface area contributed by atoms with E-state index in [1.165, 1.54) is 0 Å². The number of aliphatic hydroxyl groups excluding tert-OH is 1. The third-order valence-corrected chi connectivity index (χ3v) is 2.89. The van der Waals surface area contributed by atoms with E-state index in [1.54, 1.807) is 19.3 Å². The average molecular weight is 294 g/mol. The van der Waals surface area contributed by atoms with E-state index in [0.717, 1.165) is 15.7 Å². The second-order valence-electron chi connectivity index (χ2n) is 3.77. The number of aromatic nitrogens is 3. The van der Waals surface area contributed by atoms with Gasteiger partial charge in [-0.2, -0.15) is 0 Å². The maximum absolute atomic E-state index is 9.50. The van der Waals surface area contributed by atoms with Crippen molar-refractivity contribution in [2.75, 3.05) is 0 Å². The maximum atomic E-state index is 9.50. The Kier molecular flexibility index (Phi) is 3.49. The molecule has 2 heterocycles. The molecule has 17 heavy (non-hydrogen) atoms. The first-order chi connectivity index (χ1) is 8.08. The zero-order chi connectivity index (χ0) is 12.4. The molecular formula is C12H12BrN3O. The van der Waals surface area contributed by atoms with Gasteiger partial charge in [0.25, 0.3) is 0 Å². The Morgan fingerprint density at radius 2 is 2.00 bits per heavy atom. The van der Waals surface area contributed by atoms with Crippen LogP contribution in [0.5, 0.6) is 0 Å². The lowest BCUT2D eigenvalue weighted by Gasteiger charge is -2.08. The van der Waals surface area contributed by atoms with Crippen molar-refractivity contribution in [2.45, 2.75) is 20.0 Å². The van der Waals surface area contributed by atoms with Gasteiger partial charge in [0.2, 0.25) is 0 Å². The van der Waals surface area contributed by atoms with Gasteiger partial charge in [0, 0.05) is 28.1 Å². The van der Waals surface area contributed by atoms with Crippen molar-refractivity contribution in [1.29, 1.82) is 0 Å². The highest BCUT2D eigenvalue weighted by atomic mass is 79.9. The summed E-state index contributed by atoms with van der Waals surface area (Å²) in [6.07, 6.45) is 2.80. The van der Waals surface area contributed by atoms with Crippen molar-refractivity contribution in [3.63, 3.8) is 0 Å². The van der Waals surface area contributed by atoms with Crippen molar-refractivity contribution in [1.82, 2.24) is 15.0 Å². The fourth-order valence-electron chi connectivity index (χ4n) is 1.52. The summed E-state index contributed by atoms with van der Waals surface area (Å²) in [5.41, 5.74) is 2.23. The topological polar surface area (TPSA) is 58.9 Å². The van der Waals surface area contributed by atoms with Crippen molar-refractivity contribution in [3.8, 4) is 11.5 Å². The van der Waals surface area contributed by atoms with E-state index in [1.807, 2.05) is 19.1 Å². The average Bonchev–Trinajstić information content (AvgIpc) is 2.29. The van der Waals surface area contributed by atoms with E-state index in [9.17, 15) is 5.11 Å². The zero-order valence-electron chi connectivity index (χ0n) is 9.55. The number of rotatable bonds is 2. The molecule has 2 rings (SSSR count). The van der Waals surface area contributed by atoms with Crippen LogP contribution in [0.2, 0.25) is 0 Å². The second kappa shape index (κ2) is 4.89. The molecule has 0 radical (unpaired) electrons. The molecular weight excluding hydrogens is 282 g/mol. The molecule has 0 spiro atoms. The minimum absolute atomic E-state index is 0.554. The number of halogens is 1. The van der Waals surface area contributed by atoms with Gasteiger partial charge in [-0.3, -0.25) is 4.98 Å². The first-order valence-electron chi connectivity index (χ1n) is 5.21. The van der Waals surface area contributed by atoms with E-state index >= 15 is 0 Å². The first-order valence-corrected chi connectivity index (χ1v) is 6.01. The zero-order valence-corrected chi connectivity index (χ0v) is 11.1. The Morgan fingerprint density at radius 1 is 1.24 bits per heavy atom. The standard InChI is InChI=1S/C12H12BrN3O/c1-7-10(8(2)17)6-15-12(16-7)11-4-3-9(13)5-14-11/h3-6,8,17H,1-2H3/t8-/m0/s1. The van der Waals surface area contributed by atoms with Crippen LogP contribution in [0.3, 0.4) is 0 Å². The van der Waals surface area contributed by atoms with E-state index in [-0.39, 0.29) is 0 Å². The van der Waals surface area contributed by atoms with E-state index in [0.29, 0.717) is 11.5 Å². The maximum Gasteiger partial charge on any atom is 0.178 e. The quantitative estimate of drug-likeness (QED) is 0.925. The van der Waals surface area contributed by atoms with Gasteiger partial charge < -0.3 is 5.11 Å². The van der Waals surface area contributed by atoms with Gasteiger partial charge in [-0.1, -0.05) is 0 Å². The largest absolute Gasteiger partial charge is 0.389 e. The molecule has 2 aromatic rings. The van der Waals surface area contributed by atoms with Gasteiger partial charge in [0.1, 0.15) is 5.69 Å². The third-order valence-electron chi connectivity index (χ3n) is 2.42. The van der Waals surface area contributed by atoms with Gasteiger partial charge in [0.05, 0.1) is 6.10 Å². The molecule has 0 aliphatic rings. The van der Waals surface area contributed by atoms with Crippen LogP contribution in [0.4, 0.5) is 0 Å². The Morgan fingerprint density at radius 3 is 2.53 bits per heavy atom. The number of nitrogens with zero attached hydrogens (tertiary/aromatic N) is 3. The highest BCUT2D eigenvalue weighted by Gasteiger charge is 2.09. The van der Waals surface area contributed by atoms with E-state index in [2.05, 4.69) is 30.9 Å². The van der Waals surface area contributed by atoms with Crippen molar-refractivity contribution in [2.24, 2.45) is 0 Å². The van der Waals surface area contributed by atoms with Gasteiger partial charge in [-0.15, -0.1) is 0 Å². The van der Waals surface area contributed by atoms with Crippen LogP contribution in [0.25, 0.3) is 11.5 Å². The van der Waals surface area contributed by atoms with Crippen molar-refractivity contribution < 1.29 is 5.11 Å². The van der Waals surface area contributed by atoms with Crippen LogP contribution < -0.4 is 0 Å². The highest BCUT2D eigenvalue weighted by Crippen LogP contribution is 2.19. The van der Waals surface area contributed by atoms with Crippen LogP contribution >= 0.6 is 15.9 Å². The molecule has 88 valence electrons. The Labute approximate surface area is 108 Å². The van der Waals surface area contributed by atoms with Gasteiger partial charge in [-0.25, -0.2) is 9.97 Å². The number of hydrogen-bond donors (Lipinski definition) is 1. The number of aryl methyl sites for hydroxylation is 1. The lowest BCUT2D eigenvalue weighted by molar-refractivity contribution is 0.197. The molecule has 0 aliphatic carbocycles. The summed E-state index contributed by atoms with van der Waals surface area (Å²) in [7, 11) is 0. The predicted octanol–water partition coefficient (Wildman–Crippen LogP) is 2.66. The minimum atomic E-state index is -0.554. The molecule has 5 heteroatoms. The summed E-state index contributed by atoms with van der Waals surface area (Å²) >= 11 is 3.33. The number of pyridine rings is 1. The molecule has 0 saturated heterocycles. The molecule has 0 fully saturated rings. The lowest BCUT2D eigenvalue weighted by atomic mass is 10.1. The summed E-state index contributed by atoms with van der Waals surface area (Å²) in [4.78, 5) is 12.8. The summed E-state index contributed by atoms with van der Waals surface area (Å²) < 4.78 is 0.915. The fraction of sp³-hybridized carbons (Fsp3) is 0.250. The minimum Gasteiger partial charge on any atom is -0.389 e. The van der Waals surface area contributed by atoms with Crippen LogP contribution in [-0.4, -0.2) is 20.1 Å². The number of hydrogen-bond acceptors (Lipinski definition) is 4. The molecule has 0 aromatic carbocycles. The summed E-state index contributed by atoms with van der Waals surface area (Å²) in [5, 5.41) is 9.50. The molecule has 1 atom stereocenters. The summed E-state index contributed by atoms with van der Waals surface area (Å²) in [5.74, 6) is 0.569. The van der Waals surface area contributed by atoms with E-state index in [4.69, 9.17) is 0 Å². The van der Waals surface area contributed by atoms with Crippen molar-refractivity contribution in [3.05, 3.63) is 40.3 Å². The van der Waals surface area contributed by atoms with Crippen LogP contribution in [0.1, 0.15) is 24.3 Å². The first kappa shape index (κ1) is 12.1. The number of aliphatic hydroxyl groups is 1. The summed E-state index contributed by atoms with van der Waals surface area (Å²) in [6.45, 7) is 3.55. The molecule has 0 amide bonds. The normalized spacial score (nSPS) is 12.5. The van der Waals surface area contributed by atoms with Gasteiger partial charge in [0.15, 0.2) is 5.82 Å². The van der Waals surface area contributed by atoms with Gasteiger partial charge in [-0.05, 0) is 41.9 Å². The molecule has 0 saturated carbocycles. The third kappa shape index (κ3) is 2.68. The predicted molar refractivity (Wildman–Crippen MR) is 68.3 cm³/mol. The SMILES string of the molecule is Cc1nc(-c2ccc(Br)cn2)ncc1[C@H](C)O. The fourth-order valence-corrected chi connectivity index (χ4v) is 1.75. The summed E-state index contributed by atoms with van der Waals surface area (Å²) in [6, 6.07) is 3.74. The van der Waals surface area contributed by atoms with Crippen LogP contribution in [0.15, 0.2) is 29.0 Å². The smallest absolute Gasteiger partial charge is 0.178 e. The Bertz CT molecular complexity index is 526. The van der Waals surface area contributed by atoms with E-state index < -0.39 is 6.10 Å². The van der Waals surface area contributed by atoms with Crippen LogP contribution in [0, 0.1) is 6.92 Å². The van der Waals surface area contributed by atoms with Crippen molar-refractivity contribution >= 4 is 15.9 Å². The molecule has 0 bridgehead atoms. The molecule has 2 aromatic heterocycles. The highest BCUT2D eigenvalue weighted by molar-refractivity contribution is 9.10. The lowest BCUT2D eigenvalue weighted by Crippen LogP contribution is -2.01.